The highest BCUT2D eigenvalue weighted by Gasteiger charge is 2.23. The number of ether oxygens (including phenoxy) is 1. The Hall–Kier alpha value is -1.02. The molecule has 2 rings (SSSR count). The van der Waals surface area contributed by atoms with Crippen molar-refractivity contribution in [2.24, 2.45) is 11.7 Å². The molecular weight excluding hydrogens is 234 g/mol. The second-order valence-electron chi connectivity index (χ2n) is 6.09. The molecule has 1 aliphatic rings. The summed E-state index contributed by atoms with van der Waals surface area (Å²) in [4.78, 5) is 0. The van der Waals surface area contributed by atoms with Crippen LogP contribution in [0.1, 0.15) is 62.5 Å². The van der Waals surface area contributed by atoms with Gasteiger partial charge in [-0.05, 0) is 54.3 Å². The summed E-state index contributed by atoms with van der Waals surface area (Å²) in [6.07, 6.45) is 5.25. The first-order valence-corrected chi connectivity index (χ1v) is 7.53. The van der Waals surface area contributed by atoms with E-state index in [1.807, 2.05) is 0 Å². The van der Waals surface area contributed by atoms with Gasteiger partial charge in [0.1, 0.15) is 5.75 Å². The van der Waals surface area contributed by atoms with Crippen molar-refractivity contribution in [2.75, 3.05) is 13.7 Å². The molecule has 0 amide bonds. The van der Waals surface area contributed by atoms with Gasteiger partial charge in [-0.1, -0.05) is 38.8 Å². The van der Waals surface area contributed by atoms with E-state index in [1.165, 1.54) is 36.8 Å². The maximum atomic E-state index is 5.79. The summed E-state index contributed by atoms with van der Waals surface area (Å²) in [5.74, 6) is 3.02. The molecule has 1 fully saturated rings. The molecular formula is C17H27NO. The minimum atomic E-state index is 0.423. The van der Waals surface area contributed by atoms with E-state index in [0.717, 1.165) is 11.7 Å². The first kappa shape index (κ1) is 14.4. The first-order chi connectivity index (χ1) is 9.15. The molecule has 2 heteroatoms. The van der Waals surface area contributed by atoms with Crippen LogP contribution in [0.3, 0.4) is 0 Å². The predicted octanol–water partition coefficient (Wildman–Crippen LogP) is 4.05. The smallest absolute Gasteiger partial charge is 0.122 e. The van der Waals surface area contributed by atoms with Crippen molar-refractivity contribution in [3.05, 3.63) is 29.3 Å². The number of hydrogen-bond donors (Lipinski definition) is 1. The highest BCUT2D eigenvalue weighted by molar-refractivity contribution is 5.41. The summed E-state index contributed by atoms with van der Waals surface area (Å²) in [5.41, 5.74) is 8.53. The largest absolute Gasteiger partial charge is 0.496 e. The van der Waals surface area contributed by atoms with Gasteiger partial charge in [-0.15, -0.1) is 0 Å². The molecule has 0 aromatic heterocycles. The van der Waals surface area contributed by atoms with E-state index in [2.05, 4.69) is 32.0 Å². The zero-order chi connectivity index (χ0) is 13.8. The summed E-state index contributed by atoms with van der Waals surface area (Å²) < 4.78 is 5.56. The minimum Gasteiger partial charge on any atom is -0.496 e. The molecule has 1 aromatic carbocycles. The average Bonchev–Trinajstić information content (AvgIpc) is 2.46. The SMILES string of the molecule is COc1ccc(C(C)CN)cc1C1CCC(C)CC1. The van der Waals surface area contributed by atoms with E-state index < -0.39 is 0 Å². The monoisotopic (exact) mass is 261 g/mol. The van der Waals surface area contributed by atoms with Crippen LogP contribution >= 0.6 is 0 Å². The van der Waals surface area contributed by atoms with Gasteiger partial charge in [0.15, 0.2) is 0 Å². The van der Waals surface area contributed by atoms with Crippen molar-refractivity contribution in [3.8, 4) is 5.75 Å². The van der Waals surface area contributed by atoms with Gasteiger partial charge >= 0.3 is 0 Å². The zero-order valence-electron chi connectivity index (χ0n) is 12.5. The van der Waals surface area contributed by atoms with Gasteiger partial charge in [-0.25, -0.2) is 0 Å². The standard InChI is InChI=1S/C17H27NO/c1-12-4-6-14(7-5-12)16-10-15(13(2)11-18)8-9-17(16)19-3/h8-10,12-14H,4-7,11,18H2,1-3H3. The van der Waals surface area contributed by atoms with Gasteiger partial charge in [0, 0.05) is 0 Å². The third-order valence-electron chi connectivity index (χ3n) is 4.63. The molecule has 1 unspecified atom stereocenters. The molecule has 19 heavy (non-hydrogen) atoms. The van der Waals surface area contributed by atoms with E-state index in [0.29, 0.717) is 18.4 Å². The van der Waals surface area contributed by atoms with Gasteiger partial charge in [0.05, 0.1) is 7.11 Å². The first-order valence-electron chi connectivity index (χ1n) is 7.53. The third-order valence-corrected chi connectivity index (χ3v) is 4.63. The summed E-state index contributed by atoms with van der Waals surface area (Å²) in [6, 6.07) is 6.61. The highest BCUT2D eigenvalue weighted by Crippen LogP contribution is 2.40. The quantitative estimate of drug-likeness (QED) is 0.887. The molecule has 0 heterocycles. The van der Waals surface area contributed by atoms with Crippen molar-refractivity contribution in [1.29, 1.82) is 0 Å². The predicted molar refractivity (Wildman–Crippen MR) is 80.8 cm³/mol. The van der Waals surface area contributed by atoms with Gasteiger partial charge in [0.2, 0.25) is 0 Å². The van der Waals surface area contributed by atoms with E-state index in [9.17, 15) is 0 Å². The average molecular weight is 261 g/mol. The van der Waals surface area contributed by atoms with Crippen LogP contribution in [0.5, 0.6) is 5.75 Å². The fraction of sp³-hybridized carbons (Fsp3) is 0.647. The molecule has 0 spiro atoms. The van der Waals surface area contributed by atoms with E-state index in [4.69, 9.17) is 10.5 Å². The Morgan fingerprint density at radius 2 is 1.95 bits per heavy atom. The maximum absolute atomic E-state index is 5.79. The molecule has 0 aliphatic heterocycles. The maximum Gasteiger partial charge on any atom is 0.122 e. The van der Waals surface area contributed by atoms with E-state index in [-0.39, 0.29) is 0 Å². The molecule has 0 radical (unpaired) electrons. The number of benzene rings is 1. The molecule has 1 saturated carbocycles. The number of hydrogen-bond acceptors (Lipinski definition) is 2. The Balaban J connectivity index is 2.25. The lowest BCUT2D eigenvalue weighted by Gasteiger charge is -2.28. The van der Waals surface area contributed by atoms with Crippen LogP contribution in [0.4, 0.5) is 0 Å². The topological polar surface area (TPSA) is 35.2 Å². The molecule has 0 saturated heterocycles. The Bertz CT molecular complexity index is 408. The fourth-order valence-corrected chi connectivity index (χ4v) is 3.09. The molecule has 1 aliphatic carbocycles. The molecule has 2 N–H and O–H groups in total. The molecule has 0 bridgehead atoms. The molecule has 1 aromatic rings. The zero-order valence-corrected chi connectivity index (χ0v) is 12.5. The fourth-order valence-electron chi connectivity index (χ4n) is 3.09. The lowest BCUT2D eigenvalue weighted by atomic mass is 9.78. The summed E-state index contributed by atoms with van der Waals surface area (Å²) in [7, 11) is 1.77. The summed E-state index contributed by atoms with van der Waals surface area (Å²) >= 11 is 0. The molecule has 106 valence electrons. The third kappa shape index (κ3) is 3.30. The van der Waals surface area contributed by atoms with Crippen molar-refractivity contribution in [3.63, 3.8) is 0 Å². The second-order valence-corrected chi connectivity index (χ2v) is 6.09. The minimum absolute atomic E-state index is 0.423. The summed E-state index contributed by atoms with van der Waals surface area (Å²) in [6.45, 7) is 5.25. The van der Waals surface area contributed by atoms with Gasteiger partial charge < -0.3 is 10.5 Å². The lowest BCUT2D eigenvalue weighted by molar-refractivity contribution is 0.336. The molecule has 2 nitrogen and oxygen atoms in total. The van der Waals surface area contributed by atoms with Crippen LogP contribution in [0.25, 0.3) is 0 Å². The number of rotatable bonds is 4. The van der Waals surface area contributed by atoms with Crippen molar-refractivity contribution >= 4 is 0 Å². The van der Waals surface area contributed by atoms with Crippen LogP contribution in [0, 0.1) is 5.92 Å². The normalized spacial score (nSPS) is 25.1. The van der Waals surface area contributed by atoms with Crippen molar-refractivity contribution in [1.82, 2.24) is 0 Å². The van der Waals surface area contributed by atoms with E-state index in [1.54, 1.807) is 7.11 Å². The Kier molecular flexibility index (Phi) is 4.87. The van der Waals surface area contributed by atoms with Crippen molar-refractivity contribution < 1.29 is 4.74 Å². The van der Waals surface area contributed by atoms with Crippen LogP contribution < -0.4 is 10.5 Å². The van der Waals surface area contributed by atoms with Gasteiger partial charge in [-0.3, -0.25) is 0 Å². The van der Waals surface area contributed by atoms with Crippen LogP contribution in [0.15, 0.2) is 18.2 Å². The van der Waals surface area contributed by atoms with Gasteiger partial charge in [0.25, 0.3) is 0 Å². The number of methoxy groups -OCH3 is 1. The lowest BCUT2D eigenvalue weighted by Crippen LogP contribution is -2.13. The van der Waals surface area contributed by atoms with Crippen LogP contribution in [0.2, 0.25) is 0 Å². The van der Waals surface area contributed by atoms with Crippen LogP contribution in [-0.4, -0.2) is 13.7 Å². The molecule has 1 atom stereocenters. The van der Waals surface area contributed by atoms with E-state index >= 15 is 0 Å². The Morgan fingerprint density at radius 3 is 2.53 bits per heavy atom. The Labute approximate surface area is 117 Å². The van der Waals surface area contributed by atoms with Crippen molar-refractivity contribution in [2.45, 2.75) is 51.4 Å². The Morgan fingerprint density at radius 1 is 1.26 bits per heavy atom. The van der Waals surface area contributed by atoms with Gasteiger partial charge in [-0.2, -0.15) is 0 Å². The highest BCUT2D eigenvalue weighted by atomic mass is 16.5. The summed E-state index contributed by atoms with van der Waals surface area (Å²) in [5, 5.41) is 0. The second kappa shape index (κ2) is 6.42. The number of nitrogens with two attached hydrogens (primary N) is 1. The van der Waals surface area contributed by atoms with Crippen LogP contribution in [-0.2, 0) is 0 Å².